The minimum atomic E-state index is 0.144. The van der Waals surface area contributed by atoms with Gasteiger partial charge in [0.05, 0.1) is 11.4 Å². The fourth-order valence-corrected chi connectivity index (χ4v) is 4.21. The summed E-state index contributed by atoms with van der Waals surface area (Å²) in [6.07, 6.45) is 8.67. The second kappa shape index (κ2) is 9.81. The summed E-state index contributed by atoms with van der Waals surface area (Å²) in [4.78, 5) is 16.8. The van der Waals surface area contributed by atoms with Crippen LogP contribution < -0.4 is 5.32 Å². The number of thioether (sulfide) groups is 1. The molecule has 0 atom stereocenters. The highest BCUT2D eigenvalue weighted by Gasteiger charge is 2.15. The highest BCUT2D eigenvalue weighted by atomic mass is 32.2. The average molecular weight is 373 g/mol. The lowest BCUT2D eigenvalue weighted by Crippen LogP contribution is -2.36. The molecular weight excluding hydrogens is 344 g/mol. The van der Waals surface area contributed by atoms with Crippen LogP contribution in [-0.2, 0) is 10.5 Å². The Morgan fingerprint density at radius 2 is 1.85 bits per heavy atom. The van der Waals surface area contributed by atoms with Gasteiger partial charge in [0.15, 0.2) is 0 Å². The van der Waals surface area contributed by atoms with Gasteiger partial charge < -0.3 is 9.73 Å². The Bertz CT molecular complexity index is 691. The van der Waals surface area contributed by atoms with Gasteiger partial charge in [0.25, 0.3) is 0 Å². The number of benzene rings is 1. The number of nitrogens with one attached hydrogen (secondary N) is 1. The van der Waals surface area contributed by atoms with Gasteiger partial charge in [0, 0.05) is 17.4 Å². The zero-order chi connectivity index (χ0) is 18.2. The van der Waals surface area contributed by atoms with Crippen molar-refractivity contribution in [2.45, 2.75) is 63.7 Å². The lowest BCUT2D eigenvalue weighted by Gasteiger charge is -2.20. The van der Waals surface area contributed by atoms with Gasteiger partial charge in [-0.15, -0.1) is 11.8 Å². The van der Waals surface area contributed by atoms with Crippen LogP contribution >= 0.6 is 11.8 Å². The van der Waals surface area contributed by atoms with Crippen molar-refractivity contribution >= 4 is 17.7 Å². The molecule has 1 fully saturated rings. The number of carbonyl (C=O) groups excluding carboxylic acids is 1. The Labute approximate surface area is 160 Å². The molecule has 1 aromatic carbocycles. The summed E-state index contributed by atoms with van der Waals surface area (Å²) in [7, 11) is 0. The predicted molar refractivity (Wildman–Crippen MR) is 107 cm³/mol. The standard InChI is InChI=1S/C21H28N2O2S/c1-16-19(23-21(25-16)17-10-6-5-7-11-17)14-26-15-20(24)22-18-12-8-3-2-4-9-13-18/h5-7,10-11,18H,2-4,8-9,12-15H2,1H3,(H,22,24). The van der Waals surface area contributed by atoms with Gasteiger partial charge >= 0.3 is 0 Å². The van der Waals surface area contributed by atoms with Crippen molar-refractivity contribution in [1.82, 2.24) is 10.3 Å². The number of aromatic nitrogens is 1. The van der Waals surface area contributed by atoms with Crippen LogP contribution in [0.5, 0.6) is 0 Å². The van der Waals surface area contributed by atoms with Crippen LogP contribution in [0.15, 0.2) is 34.7 Å². The van der Waals surface area contributed by atoms with E-state index in [0.29, 0.717) is 23.4 Å². The minimum Gasteiger partial charge on any atom is -0.441 e. The maximum atomic E-state index is 12.2. The fourth-order valence-electron chi connectivity index (χ4n) is 3.38. The first-order valence-corrected chi connectivity index (χ1v) is 10.8. The molecule has 0 aliphatic heterocycles. The number of amides is 1. The highest BCUT2D eigenvalue weighted by molar-refractivity contribution is 7.99. The van der Waals surface area contributed by atoms with E-state index in [0.717, 1.165) is 29.9 Å². The smallest absolute Gasteiger partial charge is 0.230 e. The largest absolute Gasteiger partial charge is 0.441 e. The first kappa shape index (κ1) is 19.0. The fraction of sp³-hybridized carbons (Fsp3) is 0.524. The molecule has 26 heavy (non-hydrogen) atoms. The first-order valence-electron chi connectivity index (χ1n) is 9.61. The average Bonchev–Trinajstić information content (AvgIpc) is 2.99. The molecule has 2 aromatic rings. The van der Waals surface area contributed by atoms with E-state index >= 15 is 0 Å². The van der Waals surface area contributed by atoms with Gasteiger partial charge in [-0.2, -0.15) is 0 Å². The van der Waals surface area contributed by atoms with Gasteiger partial charge in [-0.3, -0.25) is 4.79 Å². The molecule has 1 amide bonds. The normalized spacial score (nSPS) is 16.0. The van der Waals surface area contributed by atoms with Crippen molar-refractivity contribution < 1.29 is 9.21 Å². The number of aryl methyl sites for hydroxylation is 1. The van der Waals surface area contributed by atoms with Crippen molar-refractivity contribution in [1.29, 1.82) is 0 Å². The molecule has 5 heteroatoms. The van der Waals surface area contributed by atoms with Crippen molar-refractivity contribution in [3.05, 3.63) is 41.8 Å². The van der Waals surface area contributed by atoms with Crippen LogP contribution in [0, 0.1) is 6.92 Å². The molecular formula is C21H28N2O2S. The third-order valence-electron chi connectivity index (χ3n) is 4.86. The van der Waals surface area contributed by atoms with E-state index in [-0.39, 0.29) is 5.91 Å². The van der Waals surface area contributed by atoms with Crippen LogP contribution in [0.4, 0.5) is 0 Å². The molecule has 0 bridgehead atoms. The van der Waals surface area contributed by atoms with Gasteiger partial charge in [0.1, 0.15) is 5.76 Å². The van der Waals surface area contributed by atoms with Crippen LogP contribution in [0.3, 0.4) is 0 Å². The number of rotatable bonds is 6. The molecule has 0 spiro atoms. The Morgan fingerprint density at radius 1 is 1.15 bits per heavy atom. The molecule has 1 saturated carbocycles. The number of hydrogen-bond donors (Lipinski definition) is 1. The van der Waals surface area contributed by atoms with E-state index in [9.17, 15) is 4.79 Å². The second-order valence-electron chi connectivity index (χ2n) is 6.99. The van der Waals surface area contributed by atoms with Crippen molar-refractivity contribution in [3.63, 3.8) is 0 Å². The van der Waals surface area contributed by atoms with E-state index in [1.165, 1.54) is 32.1 Å². The van der Waals surface area contributed by atoms with Crippen molar-refractivity contribution in [2.75, 3.05) is 5.75 Å². The second-order valence-corrected chi connectivity index (χ2v) is 7.98. The molecule has 1 aliphatic rings. The summed E-state index contributed by atoms with van der Waals surface area (Å²) in [5.74, 6) is 2.79. The topological polar surface area (TPSA) is 55.1 Å². The van der Waals surface area contributed by atoms with E-state index in [2.05, 4.69) is 10.3 Å². The minimum absolute atomic E-state index is 0.144. The molecule has 1 aromatic heterocycles. The van der Waals surface area contributed by atoms with Gasteiger partial charge in [-0.1, -0.05) is 50.3 Å². The molecule has 0 saturated heterocycles. The zero-order valence-electron chi connectivity index (χ0n) is 15.5. The SMILES string of the molecule is Cc1oc(-c2ccccc2)nc1CSCC(=O)NC1CCCCCCC1. The van der Waals surface area contributed by atoms with Gasteiger partial charge in [-0.25, -0.2) is 4.98 Å². The Morgan fingerprint density at radius 3 is 2.58 bits per heavy atom. The summed E-state index contributed by atoms with van der Waals surface area (Å²) in [6, 6.07) is 10.3. The number of nitrogens with zero attached hydrogens (tertiary/aromatic N) is 1. The van der Waals surface area contributed by atoms with Crippen LogP contribution in [0.1, 0.15) is 56.4 Å². The van der Waals surface area contributed by atoms with E-state index in [1.807, 2.05) is 37.3 Å². The lowest BCUT2D eigenvalue weighted by molar-refractivity contribution is -0.119. The summed E-state index contributed by atoms with van der Waals surface area (Å²) in [6.45, 7) is 1.93. The van der Waals surface area contributed by atoms with Gasteiger partial charge in [-0.05, 0) is 31.9 Å². The summed E-state index contributed by atoms with van der Waals surface area (Å²) < 4.78 is 5.78. The maximum Gasteiger partial charge on any atom is 0.230 e. The maximum absolute atomic E-state index is 12.2. The molecule has 1 heterocycles. The monoisotopic (exact) mass is 372 g/mol. The summed E-state index contributed by atoms with van der Waals surface area (Å²) >= 11 is 1.60. The van der Waals surface area contributed by atoms with E-state index in [4.69, 9.17) is 4.42 Å². The van der Waals surface area contributed by atoms with Crippen molar-refractivity contribution in [2.24, 2.45) is 0 Å². The van der Waals surface area contributed by atoms with Gasteiger partial charge in [0.2, 0.25) is 11.8 Å². The summed E-state index contributed by atoms with van der Waals surface area (Å²) in [5.41, 5.74) is 1.90. The Kier molecular flexibility index (Phi) is 7.18. The molecule has 0 unspecified atom stereocenters. The van der Waals surface area contributed by atoms with E-state index < -0.39 is 0 Å². The Hall–Kier alpha value is -1.75. The van der Waals surface area contributed by atoms with Crippen LogP contribution in [-0.4, -0.2) is 22.7 Å². The van der Waals surface area contributed by atoms with E-state index in [1.54, 1.807) is 11.8 Å². The van der Waals surface area contributed by atoms with Crippen LogP contribution in [0.25, 0.3) is 11.5 Å². The van der Waals surface area contributed by atoms with Crippen molar-refractivity contribution in [3.8, 4) is 11.5 Å². The van der Waals surface area contributed by atoms with Crippen LogP contribution in [0.2, 0.25) is 0 Å². The molecule has 140 valence electrons. The number of carbonyl (C=O) groups is 1. The zero-order valence-corrected chi connectivity index (χ0v) is 16.3. The third-order valence-corrected chi connectivity index (χ3v) is 5.80. The molecule has 4 nitrogen and oxygen atoms in total. The Balaban J connectivity index is 1.45. The predicted octanol–water partition coefficient (Wildman–Crippen LogP) is 5.11. The first-order chi connectivity index (χ1) is 12.7. The third kappa shape index (κ3) is 5.63. The lowest BCUT2D eigenvalue weighted by atomic mass is 9.97. The molecule has 3 rings (SSSR count). The quantitative estimate of drug-likeness (QED) is 0.765. The number of oxazole rings is 1. The number of hydrogen-bond acceptors (Lipinski definition) is 4. The summed E-state index contributed by atoms with van der Waals surface area (Å²) in [5, 5.41) is 3.21. The molecule has 1 N–H and O–H groups in total. The molecule has 0 radical (unpaired) electrons. The highest BCUT2D eigenvalue weighted by Crippen LogP contribution is 2.24. The molecule has 1 aliphatic carbocycles.